The molecule has 0 saturated carbocycles. The molecule has 0 spiro atoms. The lowest BCUT2D eigenvalue weighted by Gasteiger charge is -2.18. The Hall–Kier alpha value is -2.84. The number of aliphatic imine (C=N–C) groups is 1. The van der Waals surface area contributed by atoms with Crippen molar-refractivity contribution in [3.05, 3.63) is 106 Å². The second-order valence-electron chi connectivity index (χ2n) is 6.48. The third-order valence-electron chi connectivity index (χ3n) is 4.55. The van der Waals surface area contributed by atoms with E-state index < -0.39 is 0 Å². The van der Waals surface area contributed by atoms with Crippen LogP contribution in [0, 0.1) is 0 Å². The van der Waals surface area contributed by atoms with Crippen molar-refractivity contribution in [1.29, 1.82) is 0 Å². The normalized spacial score (nSPS) is 13.7. The van der Waals surface area contributed by atoms with E-state index in [9.17, 15) is 0 Å². The lowest BCUT2D eigenvalue weighted by molar-refractivity contribution is 0.306. The Morgan fingerprint density at radius 2 is 1.70 bits per heavy atom. The van der Waals surface area contributed by atoms with Gasteiger partial charge in [0.15, 0.2) is 0 Å². The predicted octanol–water partition coefficient (Wildman–Crippen LogP) is 5.89. The van der Waals surface area contributed by atoms with E-state index in [1.54, 1.807) is 0 Å². The summed E-state index contributed by atoms with van der Waals surface area (Å²) in [5, 5.41) is 0.667. The van der Waals surface area contributed by atoms with Gasteiger partial charge in [-0.3, -0.25) is 4.99 Å². The number of hydrogen-bond acceptors (Lipinski definition) is 2. The van der Waals surface area contributed by atoms with E-state index in [1.165, 1.54) is 5.56 Å². The first-order valence-electron chi connectivity index (χ1n) is 9.07. The van der Waals surface area contributed by atoms with Gasteiger partial charge in [-0.05, 0) is 47.4 Å². The van der Waals surface area contributed by atoms with Crippen molar-refractivity contribution in [1.82, 2.24) is 0 Å². The fraction of sp³-hybridized carbons (Fsp3) is 0.125. The third kappa shape index (κ3) is 4.29. The van der Waals surface area contributed by atoms with Gasteiger partial charge in [-0.15, -0.1) is 0 Å². The molecule has 0 radical (unpaired) electrons. The van der Waals surface area contributed by atoms with Crippen LogP contribution in [0.1, 0.15) is 22.3 Å². The van der Waals surface area contributed by atoms with Crippen molar-refractivity contribution in [2.45, 2.75) is 13.0 Å². The molecule has 3 aromatic rings. The summed E-state index contributed by atoms with van der Waals surface area (Å²) < 4.78 is 5.96. The maximum absolute atomic E-state index is 6.60. The van der Waals surface area contributed by atoms with Crippen LogP contribution in [0.15, 0.2) is 88.9 Å². The van der Waals surface area contributed by atoms with Crippen LogP contribution in [0.2, 0.25) is 0 Å². The average Bonchev–Trinajstić information content (AvgIpc) is 2.73. The number of benzene rings is 3. The van der Waals surface area contributed by atoms with Crippen LogP contribution in [0.25, 0.3) is 6.08 Å². The summed E-state index contributed by atoms with van der Waals surface area (Å²) in [5.41, 5.74) is 5.40. The highest BCUT2D eigenvalue weighted by molar-refractivity contribution is 6.48. The van der Waals surface area contributed by atoms with Gasteiger partial charge in [0, 0.05) is 12.1 Å². The van der Waals surface area contributed by atoms with Gasteiger partial charge in [0.25, 0.3) is 0 Å². The fourth-order valence-corrected chi connectivity index (χ4v) is 3.47. The topological polar surface area (TPSA) is 21.6 Å². The number of nitrogens with zero attached hydrogens (tertiary/aromatic N) is 1. The third-order valence-corrected chi connectivity index (χ3v) is 4.84. The molecule has 27 heavy (non-hydrogen) atoms. The van der Waals surface area contributed by atoms with Gasteiger partial charge in [0.2, 0.25) is 0 Å². The minimum absolute atomic E-state index is 0.565. The first-order valence-corrected chi connectivity index (χ1v) is 9.44. The highest BCUT2D eigenvalue weighted by Crippen LogP contribution is 2.27. The van der Waals surface area contributed by atoms with Gasteiger partial charge in [0.05, 0.1) is 10.7 Å². The zero-order valence-electron chi connectivity index (χ0n) is 14.9. The van der Waals surface area contributed by atoms with Gasteiger partial charge >= 0.3 is 0 Å². The fourth-order valence-electron chi connectivity index (χ4n) is 3.18. The van der Waals surface area contributed by atoms with Gasteiger partial charge < -0.3 is 4.74 Å². The van der Waals surface area contributed by atoms with Crippen LogP contribution < -0.4 is 4.74 Å². The molecule has 0 fully saturated rings. The van der Waals surface area contributed by atoms with E-state index in [0.717, 1.165) is 41.1 Å². The number of halogens is 1. The molecular formula is C24H20ClNO. The molecule has 134 valence electrons. The minimum atomic E-state index is 0.565. The van der Waals surface area contributed by atoms with Crippen LogP contribution in [0.4, 0.5) is 0 Å². The maximum atomic E-state index is 6.60. The van der Waals surface area contributed by atoms with Crippen molar-refractivity contribution >= 4 is 23.4 Å². The molecule has 0 amide bonds. The second-order valence-corrected chi connectivity index (χ2v) is 6.88. The first kappa shape index (κ1) is 17.6. The van der Waals surface area contributed by atoms with Crippen molar-refractivity contribution in [3.63, 3.8) is 0 Å². The highest BCUT2D eigenvalue weighted by atomic mass is 35.5. The monoisotopic (exact) mass is 373 g/mol. The quantitative estimate of drug-likeness (QED) is 0.546. The van der Waals surface area contributed by atoms with Crippen LogP contribution in [0.3, 0.4) is 0 Å². The predicted molar refractivity (Wildman–Crippen MR) is 113 cm³/mol. The lowest BCUT2D eigenvalue weighted by Crippen LogP contribution is -2.13. The SMILES string of the molecule is ClC(=Cc1ccccc1)C1=NCCc2cc(OCc3ccccc3)ccc21. The molecule has 2 nitrogen and oxygen atoms in total. The largest absolute Gasteiger partial charge is 0.489 e. The summed E-state index contributed by atoms with van der Waals surface area (Å²) in [5.74, 6) is 0.877. The summed E-state index contributed by atoms with van der Waals surface area (Å²) in [6.45, 7) is 1.30. The Labute approximate surface area is 164 Å². The molecule has 1 aliphatic rings. The Kier molecular flexibility index (Phi) is 5.36. The average molecular weight is 374 g/mol. The van der Waals surface area contributed by atoms with Crippen molar-refractivity contribution in [3.8, 4) is 5.75 Å². The van der Waals surface area contributed by atoms with Gasteiger partial charge in [0.1, 0.15) is 12.4 Å². The Morgan fingerprint density at radius 1 is 0.963 bits per heavy atom. The number of fused-ring (bicyclic) bond motifs is 1. The molecule has 0 aromatic heterocycles. The Balaban J connectivity index is 1.54. The van der Waals surface area contributed by atoms with Crippen LogP contribution in [-0.4, -0.2) is 12.3 Å². The van der Waals surface area contributed by atoms with E-state index in [-0.39, 0.29) is 0 Å². The molecule has 4 rings (SSSR count). The van der Waals surface area contributed by atoms with E-state index >= 15 is 0 Å². The van der Waals surface area contributed by atoms with Crippen LogP contribution in [0.5, 0.6) is 5.75 Å². The summed E-state index contributed by atoms with van der Waals surface area (Å²) in [6, 6.07) is 26.4. The van der Waals surface area contributed by atoms with Crippen molar-refractivity contribution in [2.75, 3.05) is 6.54 Å². The van der Waals surface area contributed by atoms with E-state index in [0.29, 0.717) is 11.6 Å². The zero-order valence-corrected chi connectivity index (χ0v) is 15.7. The number of hydrogen-bond donors (Lipinski definition) is 0. The second kappa shape index (κ2) is 8.24. The smallest absolute Gasteiger partial charge is 0.120 e. The Morgan fingerprint density at radius 3 is 2.48 bits per heavy atom. The standard InChI is InChI=1S/C24H20ClNO/c25-23(15-18-7-3-1-4-8-18)24-22-12-11-21(16-20(22)13-14-26-24)27-17-19-9-5-2-6-10-19/h1-12,15-16H,13-14,17H2. The molecule has 1 aliphatic heterocycles. The molecule has 0 N–H and O–H groups in total. The van der Waals surface area contributed by atoms with Crippen molar-refractivity contribution in [2.24, 2.45) is 4.99 Å². The maximum Gasteiger partial charge on any atom is 0.120 e. The summed E-state index contributed by atoms with van der Waals surface area (Å²) in [4.78, 5) is 4.67. The van der Waals surface area contributed by atoms with E-state index in [4.69, 9.17) is 16.3 Å². The number of rotatable bonds is 5. The van der Waals surface area contributed by atoms with Gasteiger partial charge in [-0.1, -0.05) is 72.3 Å². The summed E-state index contributed by atoms with van der Waals surface area (Å²) >= 11 is 6.60. The van der Waals surface area contributed by atoms with E-state index in [1.807, 2.05) is 60.7 Å². The van der Waals surface area contributed by atoms with Crippen molar-refractivity contribution < 1.29 is 4.74 Å². The zero-order chi connectivity index (χ0) is 18.5. The van der Waals surface area contributed by atoms with Crippen LogP contribution >= 0.6 is 11.6 Å². The lowest BCUT2D eigenvalue weighted by atomic mass is 9.96. The molecule has 0 aliphatic carbocycles. The minimum Gasteiger partial charge on any atom is -0.489 e. The first-order chi connectivity index (χ1) is 13.3. The molecule has 3 aromatic carbocycles. The number of allylic oxidation sites excluding steroid dienone is 1. The number of ether oxygens (including phenoxy) is 1. The summed E-state index contributed by atoms with van der Waals surface area (Å²) in [7, 11) is 0. The summed E-state index contributed by atoms with van der Waals surface area (Å²) in [6.07, 6.45) is 2.87. The molecule has 3 heteroatoms. The van der Waals surface area contributed by atoms with Gasteiger partial charge in [-0.25, -0.2) is 0 Å². The molecule has 0 bridgehead atoms. The molecule has 1 heterocycles. The molecular weight excluding hydrogens is 354 g/mol. The molecule has 0 unspecified atom stereocenters. The van der Waals surface area contributed by atoms with Gasteiger partial charge in [-0.2, -0.15) is 0 Å². The molecule has 0 saturated heterocycles. The van der Waals surface area contributed by atoms with Crippen LogP contribution in [-0.2, 0) is 13.0 Å². The molecule has 0 atom stereocenters. The van der Waals surface area contributed by atoms with E-state index in [2.05, 4.69) is 29.3 Å². The Bertz CT molecular complexity index is 978. The highest BCUT2D eigenvalue weighted by Gasteiger charge is 2.17.